The molecule has 2 N–H and O–H groups in total. The molecule has 0 bridgehead atoms. The highest BCUT2D eigenvalue weighted by atomic mass is 32.1. The minimum atomic E-state index is -5.51. The Morgan fingerprint density at radius 2 is 1.07 bits per heavy atom. The summed E-state index contributed by atoms with van der Waals surface area (Å²) < 4.78 is 69.4. The van der Waals surface area contributed by atoms with Crippen LogP contribution in [0.1, 0.15) is 68.3 Å². The zero-order valence-electron chi connectivity index (χ0n) is 22.2. The zero-order chi connectivity index (χ0) is 29.6. The molecule has 2 heterocycles. The van der Waals surface area contributed by atoms with E-state index < -0.39 is 35.6 Å². The van der Waals surface area contributed by atoms with E-state index in [4.69, 9.17) is 9.47 Å². The van der Waals surface area contributed by atoms with E-state index in [1.807, 2.05) is 13.8 Å². The highest BCUT2D eigenvalue weighted by Crippen LogP contribution is 2.44. The summed E-state index contributed by atoms with van der Waals surface area (Å²) in [5.74, 6) is -17.3. The van der Waals surface area contributed by atoms with Crippen LogP contribution in [-0.4, -0.2) is 49.8 Å². The molecule has 4 rings (SSSR count). The first-order valence-corrected chi connectivity index (χ1v) is 14.2. The van der Waals surface area contributed by atoms with Crippen LogP contribution < -0.4 is 10.6 Å². The standard InChI is InChI=1S/C26H28F4N2O6S2/c1-11-5-7-13-15(9-11)39-19(17(13)21(33)37-3)31-23(35)25(27,28)26(29,30)24(36)32-20-18(22(34)38-4)14-8-6-12(2)10-16(14)40-20/h11-12H,5-10H2,1-4H3,(H,31,35)(H,32,36)/t11-,12-/m0/s1. The summed E-state index contributed by atoms with van der Waals surface area (Å²) in [6.45, 7) is 3.92. The van der Waals surface area contributed by atoms with Crippen LogP contribution in [0.4, 0.5) is 27.6 Å². The van der Waals surface area contributed by atoms with Crippen molar-refractivity contribution in [3.63, 3.8) is 0 Å². The van der Waals surface area contributed by atoms with Gasteiger partial charge >= 0.3 is 35.6 Å². The molecule has 0 radical (unpaired) electrons. The number of fused-ring (bicyclic) bond motifs is 2. The fourth-order valence-electron chi connectivity index (χ4n) is 4.96. The Bertz CT molecular complexity index is 1270. The molecule has 14 heteroatoms. The van der Waals surface area contributed by atoms with E-state index in [-0.39, 0.29) is 33.0 Å². The van der Waals surface area contributed by atoms with Gasteiger partial charge in [0.15, 0.2) is 0 Å². The van der Waals surface area contributed by atoms with E-state index in [1.54, 1.807) is 10.6 Å². The fourth-order valence-corrected chi connectivity index (χ4v) is 7.75. The van der Waals surface area contributed by atoms with E-state index in [1.165, 1.54) is 0 Å². The Balaban J connectivity index is 1.60. The van der Waals surface area contributed by atoms with Crippen LogP contribution in [-0.2, 0) is 44.7 Å². The number of anilines is 2. The Kier molecular flexibility index (Phi) is 8.32. The Labute approximate surface area is 235 Å². The first-order valence-electron chi connectivity index (χ1n) is 12.6. The van der Waals surface area contributed by atoms with E-state index >= 15 is 0 Å². The first-order chi connectivity index (χ1) is 18.7. The molecule has 8 nitrogen and oxygen atoms in total. The number of ether oxygens (including phenoxy) is 2. The highest BCUT2D eigenvalue weighted by molar-refractivity contribution is 7.17. The van der Waals surface area contributed by atoms with E-state index in [9.17, 15) is 36.7 Å². The van der Waals surface area contributed by atoms with Crippen LogP contribution in [0.2, 0.25) is 0 Å². The van der Waals surface area contributed by atoms with Crippen molar-refractivity contribution in [3.05, 3.63) is 32.0 Å². The van der Waals surface area contributed by atoms with E-state index in [2.05, 4.69) is 0 Å². The summed E-state index contributed by atoms with van der Waals surface area (Å²) in [6, 6.07) is 0. The molecule has 0 aromatic carbocycles. The van der Waals surface area contributed by atoms with Gasteiger partial charge in [-0.2, -0.15) is 17.6 Å². The second kappa shape index (κ2) is 11.1. The normalized spacial score (nSPS) is 18.8. The lowest BCUT2D eigenvalue weighted by Crippen LogP contribution is -2.56. The molecule has 2 aliphatic carbocycles. The van der Waals surface area contributed by atoms with Crippen molar-refractivity contribution in [1.29, 1.82) is 0 Å². The van der Waals surface area contributed by atoms with Gasteiger partial charge in [0.05, 0.1) is 25.3 Å². The molecule has 0 saturated heterocycles. The van der Waals surface area contributed by atoms with Crippen molar-refractivity contribution in [3.8, 4) is 0 Å². The summed E-state index contributed by atoms with van der Waals surface area (Å²) >= 11 is 1.67. The molecule has 40 heavy (non-hydrogen) atoms. The van der Waals surface area contributed by atoms with Crippen LogP contribution in [0, 0.1) is 11.8 Å². The topological polar surface area (TPSA) is 111 Å². The molecule has 0 saturated carbocycles. The van der Waals surface area contributed by atoms with Gasteiger partial charge in [-0.15, -0.1) is 22.7 Å². The van der Waals surface area contributed by atoms with Crippen LogP contribution >= 0.6 is 22.7 Å². The minimum Gasteiger partial charge on any atom is -0.465 e. The number of alkyl halides is 4. The summed E-state index contributed by atoms with van der Waals surface area (Å²) in [5.41, 5.74) is 0.716. The molecule has 2 aliphatic rings. The molecule has 2 aromatic heterocycles. The minimum absolute atomic E-state index is 0.160. The van der Waals surface area contributed by atoms with Gasteiger partial charge in [0.25, 0.3) is 0 Å². The second-order valence-corrected chi connectivity index (χ2v) is 12.4. The third kappa shape index (κ3) is 5.22. The first kappa shape index (κ1) is 30.0. The molecule has 0 spiro atoms. The smallest absolute Gasteiger partial charge is 0.396 e. The number of esters is 2. The third-order valence-electron chi connectivity index (χ3n) is 7.22. The number of rotatable bonds is 7. The van der Waals surface area contributed by atoms with Gasteiger partial charge in [-0.25, -0.2) is 9.59 Å². The average molecular weight is 605 g/mol. The maximum Gasteiger partial charge on any atom is 0.396 e. The number of hydrogen-bond acceptors (Lipinski definition) is 8. The molecular formula is C26H28F4N2O6S2. The van der Waals surface area contributed by atoms with Crippen molar-refractivity contribution in [2.24, 2.45) is 11.8 Å². The van der Waals surface area contributed by atoms with Crippen LogP contribution in [0.5, 0.6) is 0 Å². The number of carbonyl (C=O) groups excluding carboxylic acids is 4. The largest absolute Gasteiger partial charge is 0.465 e. The molecule has 2 aromatic rings. The quantitative estimate of drug-likeness (QED) is 0.320. The maximum absolute atomic E-state index is 15.0. The lowest BCUT2D eigenvalue weighted by Gasteiger charge is -2.24. The summed E-state index contributed by atoms with van der Waals surface area (Å²) in [6.07, 6.45) is 3.28. The summed E-state index contributed by atoms with van der Waals surface area (Å²) in [5, 5.41) is 2.79. The molecule has 0 fully saturated rings. The van der Waals surface area contributed by atoms with Crippen LogP contribution in [0.25, 0.3) is 0 Å². The molecule has 0 aliphatic heterocycles. The maximum atomic E-state index is 15.0. The number of methoxy groups -OCH3 is 2. The van der Waals surface area contributed by atoms with Crippen molar-refractivity contribution >= 4 is 56.4 Å². The monoisotopic (exact) mass is 604 g/mol. The lowest BCUT2D eigenvalue weighted by molar-refractivity contribution is -0.204. The fraction of sp³-hybridized carbons (Fsp3) is 0.538. The van der Waals surface area contributed by atoms with Gasteiger partial charge in [-0.05, 0) is 61.5 Å². The van der Waals surface area contributed by atoms with Gasteiger partial charge in [0.2, 0.25) is 0 Å². The number of halogens is 4. The van der Waals surface area contributed by atoms with E-state index in [0.29, 0.717) is 59.4 Å². The predicted octanol–water partition coefficient (Wildman–Crippen LogP) is 5.48. The van der Waals surface area contributed by atoms with Gasteiger partial charge in [0, 0.05) is 9.75 Å². The summed E-state index contributed by atoms with van der Waals surface area (Å²) in [4.78, 5) is 51.2. The highest BCUT2D eigenvalue weighted by Gasteiger charge is 2.67. The van der Waals surface area contributed by atoms with Crippen molar-refractivity contribution < 1.29 is 46.2 Å². The number of hydrogen-bond donors (Lipinski definition) is 2. The van der Waals surface area contributed by atoms with Crippen LogP contribution in [0.3, 0.4) is 0 Å². The Morgan fingerprint density at radius 1 is 0.725 bits per heavy atom. The zero-order valence-corrected chi connectivity index (χ0v) is 23.8. The Hall–Kier alpha value is -3.00. The van der Waals surface area contributed by atoms with E-state index in [0.717, 1.165) is 36.9 Å². The number of nitrogens with one attached hydrogen (secondary N) is 2. The molecule has 2 atom stereocenters. The van der Waals surface area contributed by atoms with Crippen molar-refractivity contribution in [2.75, 3.05) is 24.9 Å². The van der Waals surface area contributed by atoms with Gasteiger partial charge < -0.3 is 20.1 Å². The molecule has 0 unspecified atom stereocenters. The van der Waals surface area contributed by atoms with Gasteiger partial charge in [0.1, 0.15) is 10.0 Å². The van der Waals surface area contributed by atoms with Crippen molar-refractivity contribution in [2.45, 2.75) is 64.2 Å². The number of carbonyl (C=O) groups is 4. The van der Waals surface area contributed by atoms with Crippen LogP contribution in [0.15, 0.2) is 0 Å². The average Bonchev–Trinajstić information content (AvgIpc) is 3.43. The van der Waals surface area contributed by atoms with Gasteiger partial charge in [-0.3, -0.25) is 9.59 Å². The number of thiophene rings is 2. The van der Waals surface area contributed by atoms with Crippen molar-refractivity contribution in [1.82, 2.24) is 0 Å². The lowest BCUT2D eigenvalue weighted by atomic mass is 9.88. The molecule has 218 valence electrons. The second-order valence-electron chi connectivity index (χ2n) is 10.2. The summed E-state index contributed by atoms with van der Waals surface area (Å²) in [7, 11) is 2.14. The number of amides is 2. The SMILES string of the molecule is COC(=O)c1c(NC(=O)C(F)(F)C(F)(F)C(=O)Nc2sc3c(c2C(=O)OC)CC[C@H](C)C3)sc2c1CC[C@H](C)C2. The molecular weight excluding hydrogens is 576 g/mol. The van der Waals surface area contributed by atoms with Gasteiger partial charge in [-0.1, -0.05) is 13.8 Å². The molecule has 2 amide bonds. The Morgan fingerprint density at radius 3 is 1.40 bits per heavy atom. The third-order valence-corrected chi connectivity index (χ3v) is 9.56. The predicted molar refractivity (Wildman–Crippen MR) is 141 cm³/mol.